The van der Waals surface area contributed by atoms with Crippen LogP contribution in [-0.4, -0.2) is 11.8 Å². The Morgan fingerprint density at radius 2 is 1.40 bits per heavy atom. The van der Waals surface area contributed by atoms with E-state index in [2.05, 4.69) is 17.4 Å². The zero-order chi connectivity index (χ0) is 20.8. The second kappa shape index (κ2) is 9.40. The molecule has 1 aliphatic rings. The summed E-state index contributed by atoms with van der Waals surface area (Å²) in [6.07, 6.45) is 3.40. The van der Waals surface area contributed by atoms with Gasteiger partial charge in [-0.1, -0.05) is 60.7 Å². The Bertz CT molecular complexity index is 962. The van der Waals surface area contributed by atoms with Gasteiger partial charge in [-0.05, 0) is 54.7 Å². The molecule has 4 heteroatoms. The van der Waals surface area contributed by atoms with Crippen molar-refractivity contribution < 1.29 is 9.59 Å². The molecule has 152 valence electrons. The smallest absolute Gasteiger partial charge is 0.232 e. The molecule has 0 bridgehead atoms. The molecule has 0 aromatic heterocycles. The third kappa shape index (κ3) is 4.60. The van der Waals surface area contributed by atoms with Crippen molar-refractivity contribution in [1.29, 1.82) is 0 Å². The number of carbonyl (C=O) groups excluding carboxylic acids is 2. The van der Waals surface area contributed by atoms with Crippen LogP contribution in [0.25, 0.3) is 0 Å². The molecule has 0 fully saturated rings. The number of amides is 2. The van der Waals surface area contributed by atoms with Gasteiger partial charge in [-0.15, -0.1) is 0 Å². The lowest BCUT2D eigenvalue weighted by Crippen LogP contribution is -2.32. The molecule has 1 aliphatic carbocycles. The Hall–Kier alpha value is -3.40. The summed E-state index contributed by atoms with van der Waals surface area (Å²) in [5, 5.41) is 3.14. The van der Waals surface area contributed by atoms with E-state index in [1.165, 1.54) is 11.1 Å². The number of nitrogens with one attached hydrogen (secondary N) is 1. The average Bonchev–Trinajstić information content (AvgIpc) is 2.80. The number of hydrogen-bond donors (Lipinski definition) is 1. The molecule has 1 unspecified atom stereocenters. The van der Waals surface area contributed by atoms with E-state index in [1.54, 1.807) is 4.90 Å². The largest absolute Gasteiger partial charge is 0.349 e. The van der Waals surface area contributed by atoms with E-state index >= 15 is 0 Å². The fourth-order valence-electron chi connectivity index (χ4n) is 4.09. The van der Waals surface area contributed by atoms with Crippen molar-refractivity contribution in [3.05, 3.63) is 96.1 Å². The van der Waals surface area contributed by atoms with Gasteiger partial charge in [0.1, 0.15) is 0 Å². The quantitative estimate of drug-likeness (QED) is 0.610. The fourth-order valence-corrected chi connectivity index (χ4v) is 4.09. The maximum absolute atomic E-state index is 13.1. The lowest BCUT2D eigenvalue weighted by molar-refractivity contribution is -0.125. The molecule has 0 saturated carbocycles. The molecule has 1 N–H and O–H groups in total. The van der Waals surface area contributed by atoms with Gasteiger partial charge in [-0.25, -0.2) is 0 Å². The second-order valence-corrected chi connectivity index (χ2v) is 7.61. The summed E-state index contributed by atoms with van der Waals surface area (Å²) >= 11 is 0. The minimum atomic E-state index is -0.0911. The SMILES string of the molecule is O=C(CCC(=O)N(c1ccccc1)c1ccccc1)NC1CCCc2ccccc21. The molecule has 0 aliphatic heterocycles. The summed E-state index contributed by atoms with van der Waals surface area (Å²) in [6.45, 7) is 0. The van der Waals surface area contributed by atoms with E-state index in [1.807, 2.05) is 72.8 Å². The summed E-state index contributed by atoms with van der Waals surface area (Å²) in [7, 11) is 0. The Kier molecular flexibility index (Phi) is 6.23. The first-order valence-corrected chi connectivity index (χ1v) is 10.5. The molecule has 3 aromatic carbocycles. The molecular weight excluding hydrogens is 372 g/mol. The van der Waals surface area contributed by atoms with Crippen LogP contribution in [0.15, 0.2) is 84.9 Å². The van der Waals surface area contributed by atoms with Gasteiger partial charge in [-0.2, -0.15) is 0 Å². The highest BCUT2D eigenvalue weighted by atomic mass is 16.2. The van der Waals surface area contributed by atoms with Gasteiger partial charge in [0.15, 0.2) is 0 Å². The van der Waals surface area contributed by atoms with E-state index in [0.717, 1.165) is 30.6 Å². The number of fused-ring (bicyclic) bond motifs is 1. The van der Waals surface area contributed by atoms with Gasteiger partial charge in [0.2, 0.25) is 11.8 Å². The molecule has 0 saturated heterocycles. The van der Waals surface area contributed by atoms with Crippen LogP contribution in [0.2, 0.25) is 0 Å². The molecule has 0 spiro atoms. The van der Waals surface area contributed by atoms with Gasteiger partial charge in [0, 0.05) is 24.2 Å². The van der Waals surface area contributed by atoms with Crippen molar-refractivity contribution >= 4 is 23.2 Å². The fraction of sp³-hybridized carbons (Fsp3) is 0.231. The summed E-state index contributed by atoms with van der Waals surface area (Å²) in [5.41, 5.74) is 4.12. The summed E-state index contributed by atoms with van der Waals surface area (Å²) < 4.78 is 0. The van der Waals surface area contributed by atoms with Gasteiger partial charge in [0.05, 0.1) is 6.04 Å². The van der Waals surface area contributed by atoms with E-state index in [0.29, 0.717) is 0 Å². The number of nitrogens with zero attached hydrogens (tertiary/aromatic N) is 1. The Morgan fingerprint density at radius 1 is 0.800 bits per heavy atom. The van der Waals surface area contributed by atoms with E-state index < -0.39 is 0 Å². The van der Waals surface area contributed by atoms with Crippen molar-refractivity contribution in [2.24, 2.45) is 0 Å². The van der Waals surface area contributed by atoms with Crippen LogP contribution in [0.5, 0.6) is 0 Å². The minimum absolute atomic E-state index is 0.0388. The van der Waals surface area contributed by atoms with Crippen molar-refractivity contribution in [2.45, 2.75) is 38.1 Å². The Labute approximate surface area is 177 Å². The molecule has 1 atom stereocenters. The van der Waals surface area contributed by atoms with Crippen LogP contribution >= 0.6 is 0 Å². The first kappa shape index (κ1) is 19.9. The first-order chi connectivity index (χ1) is 14.7. The average molecular weight is 399 g/mol. The zero-order valence-corrected chi connectivity index (χ0v) is 17.0. The van der Waals surface area contributed by atoms with Gasteiger partial charge >= 0.3 is 0 Å². The topological polar surface area (TPSA) is 49.4 Å². The number of para-hydroxylation sites is 2. The third-order valence-electron chi connectivity index (χ3n) is 5.55. The lowest BCUT2D eigenvalue weighted by Gasteiger charge is -2.26. The summed E-state index contributed by atoms with van der Waals surface area (Å²) in [6, 6.07) is 27.4. The Morgan fingerprint density at radius 3 is 2.07 bits per heavy atom. The number of carbonyl (C=O) groups is 2. The van der Waals surface area contributed by atoms with Crippen molar-refractivity contribution in [3.63, 3.8) is 0 Å². The number of anilines is 2. The van der Waals surface area contributed by atoms with E-state index in [-0.39, 0.29) is 30.7 Å². The number of benzene rings is 3. The van der Waals surface area contributed by atoms with Crippen LogP contribution in [-0.2, 0) is 16.0 Å². The van der Waals surface area contributed by atoms with Crippen LogP contribution in [0, 0.1) is 0 Å². The van der Waals surface area contributed by atoms with E-state index in [4.69, 9.17) is 0 Å². The normalized spacial score (nSPS) is 15.1. The predicted octanol–water partition coefficient (Wildman–Crippen LogP) is 5.33. The highest BCUT2D eigenvalue weighted by molar-refractivity contribution is 6.01. The lowest BCUT2D eigenvalue weighted by atomic mass is 9.87. The third-order valence-corrected chi connectivity index (χ3v) is 5.55. The van der Waals surface area contributed by atoms with Crippen molar-refractivity contribution in [3.8, 4) is 0 Å². The second-order valence-electron chi connectivity index (χ2n) is 7.61. The van der Waals surface area contributed by atoms with E-state index in [9.17, 15) is 9.59 Å². The highest BCUT2D eigenvalue weighted by Gasteiger charge is 2.23. The van der Waals surface area contributed by atoms with Crippen LogP contribution in [0.1, 0.15) is 42.9 Å². The number of hydrogen-bond acceptors (Lipinski definition) is 2. The molecule has 0 heterocycles. The van der Waals surface area contributed by atoms with Crippen molar-refractivity contribution in [1.82, 2.24) is 5.32 Å². The van der Waals surface area contributed by atoms with Crippen LogP contribution < -0.4 is 10.2 Å². The Balaban J connectivity index is 1.42. The van der Waals surface area contributed by atoms with Crippen molar-refractivity contribution in [2.75, 3.05) is 4.90 Å². The van der Waals surface area contributed by atoms with Gasteiger partial charge < -0.3 is 5.32 Å². The maximum atomic E-state index is 13.1. The summed E-state index contributed by atoms with van der Waals surface area (Å²) in [5.74, 6) is -0.169. The molecule has 30 heavy (non-hydrogen) atoms. The monoisotopic (exact) mass is 398 g/mol. The maximum Gasteiger partial charge on any atom is 0.232 e. The molecule has 2 amide bonds. The zero-order valence-electron chi connectivity index (χ0n) is 17.0. The number of aryl methyl sites for hydroxylation is 1. The predicted molar refractivity (Wildman–Crippen MR) is 120 cm³/mol. The molecule has 4 nitrogen and oxygen atoms in total. The first-order valence-electron chi connectivity index (χ1n) is 10.5. The standard InChI is InChI=1S/C26H26N2O2/c29-25(27-24-17-9-11-20-10-7-8-16-23(20)24)18-19-26(30)28(21-12-3-1-4-13-21)22-14-5-2-6-15-22/h1-8,10,12-16,24H,9,11,17-19H2,(H,27,29). The minimum Gasteiger partial charge on any atom is -0.349 e. The molecular formula is C26H26N2O2. The number of rotatable bonds is 6. The van der Waals surface area contributed by atoms with Gasteiger partial charge in [0.25, 0.3) is 0 Å². The molecule has 3 aromatic rings. The molecule has 4 rings (SSSR count). The molecule has 0 radical (unpaired) electrons. The van der Waals surface area contributed by atoms with Crippen LogP contribution in [0.4, 0.5) is 11.4 Å². The van der Waals surface area contributed by atoms with Crippen LogP contribution in [0.3, 0.4) is 0 Å². The van der Waals surface area contributed by atoms with Gasteiger partial charge in [-0.3, -0.25) is 14.5 Å². The highest BCUT2D eigenvalue weighted by Crippen LogP contribution is 2.30. The summed E-state index contributed by atoms with van der Waals surface area (Å²) in [4.78, 5) is 27.4.